The Morgan fingerprint density at radius 3 is 2.48 bits per heavy atom. The number of likely N-dealkylation sites (tertiary alicyclic amines) is 1. The lowest BCUT2D eigenvalue weighted by Crippen LogP contribution is -2.42. The van der Waals surface area contributed by atoms with E-state index >= 15 is 0 Å². The van der Waals surface area contributed by atoms with Crippen LogP contribution in [0.25, 0.3) is 0 Å². The Labute approximate surface area is 142 Å². The highest BCUT2D eigenvalue weighted by atomic mass is 79.9. The zero-order valence-corrected chi connectivity index (χ0v) is 15.4. The summed E-state index contributed by atoms with van der Waals surface area (Å²) in [5, 5.41) is 0.136. The minimum absolute atomic E-state index is 0.136. The Morgan fingerprint density at radius 2 is 2.00 bits per heavy atom. The van der Waals surface area contributed by atoms with E-state index in [1.165, 1.54) is 12.1 Å². The van der Waals surface area contributed by atoms with Gasteiger partial charge in [-0.15, -0.1) is 0 Å². The molecule has 1 saturated heterocycles. The van der Waals surface area contributed by atoms with Crippen molar-refractivity contribution >= 4 is 53.2 Å². The van der Waals surface area contributed by atoms with Gasteiger partial charge in [0.25, 0.3) is 15.0 Å². The smallest absolute Gasteiger partial charge is 0.262 e. The third kappa shape index (κ3) is 3.38. The topological polar surface area (TPSA) is 54.5 Å². The van der Waals surface area contributed by atoms with Crippen LogP contribution >= 0.6 is 38.2 Å². The molecule has 21 heavy (non-hydrogen) atoms. The van der Waals surface area contributed by atoms with Crippen molar-refractivity contribution in [1.29, 1.82) is 0 Å². The Morgan fingerprint density at radius 1 is 1.38 bits per heavy atom. The molecule has 0 unspecified atom stereocenters. The molecule has 8 heteroatoms. The van der Waals surface area contributed by atoms with Gasteiger partial charge in [0.2, 0.25) is 0 Å². The molecule has 2 rings (SSSR count). The fourth-order valence-electron chi connectivity index (χ4n) is 2.50. The van der Waals surface area contributed by atoms with Crippen LogP contribution in [-0.4, -0.2) is 31.3 Å². The van der Waals surface area contributed by atoms with Crippen LogP contribution in [0.2, 0.25) is 5.02 Å². The molecule has 0 saturated carbocycles. The minimum atomic E-state index is -3.99. The van der Waals surface area contributed by atoms with Crippen molar-refractivity contribution in [3.63, 3.8) is 0 Å². The molecule has 0 atom stereocenters. The molecule has 0 spiro atoms. The van der Waals surface area contributed by atoms with Gasteiger partial charge in [0.1, 0.15) is 0 Å². The van der Waals surface area contributed by atoms with Crippen LogP contribution in [0.4, 0.5) is 0 Å². The van der Waals surface area contributed by atoms with Gasteiger partial charge in [-0.1, -0.05) is 11.6 Å². The molecule has 4 nitrogen and oxygen atoms in total. The minimum Gasteiger partial charge on any atom is -0.334 e. The SMILES string of the molecule is CC1(C)CCCN1C(=O)c1cc(Cl)c(Br)c(S(=O)(=O)Cl)c1. The molecule has 0 N–H and O–H groups in total. The molecule has 1 fully saturated rings. The highest BCUT2D eigenvalue weighted by Gasteiger charge is 2.36. The number of carbonyl (C=O) groups is 1. The van der Waals surface area contributed by atoms with Gasteiger partial charge in [0.05, 0.1) is 14.4 Å². The van der Waals surface area contributed by atoms with Crippen molar-refractivity contribution in [3.8, 4) is 0 Å². The van der Waals surface area contributed by atoms with E-state index in [1.807, 2.05) is 13.8 Å². The largest absolute Gasteiger partial charge is 0.334 e. The lowest BCUT2D eigenvalue weighted by atomic mass is 10.0. The van der Waals surface area contributed by atoms with E-state index < -0.39 is 9.05 Å². The fraction of sp³-hybridized carbons (Fsp3) is 0.462. The predicted molar refractivity (Wildman–Crippen MR) is 86.5 cm³/mol. The summed E-state index contributed by atoms with van der Waals surface area (Å²) in [5.74, 6) is -0.242. The second kappa shape index (κ2) is 5.72. The van der Waals surface area contributed by atoms with Crippen LogP contribution in [0.5, 0.6) is 0 Å². The first-order valence-corrected chi connectivity index (χ1v) is 9.78. The molecule has 1 amide bonds. The summed E-state index contributed by atoms with van der Waals surface area (Å²) >= 11 is 9.09. The summed E-state index contributed by atoms with van der Waals surface area (Å²) in [4.78, 5) is 14.2. The molecule has 1 aromatic rings. The van der Waals surface area contributed by atoms with Gasteiger partial charge in [-0.2, -0.15) is 0 Å². The third-order valence-corrected chi connectivity index (χ3v) is 6.64. The van der Waals surface area contributed by atoms with Crippen molar-refractivity contribution in [2.75, 3.05) is 6.54 Å². The maximum atomic E-state index is 12.6. The summed E-state index contributed by atoms with van der Waals surface area (Å²) in [7, 11) is 1.39. The van der Waals surface area contributed by atoms with Gasteiger partial charge in [-0.25, -0.2) is 8.42 Å². The predicted octanol–water partition coefficient (Wildman–Crippen LogP) is 4.04. The molecular formula is C13H14BrCl2NO3S. The number of hydrogen-bond donors (Lipinski definition) is 0. The molecule has 0 aromatic heterocycles. The fourth-order valence-corrected chi connectivity index (χ4v) is 4.88. The number of amides is 1. The summed E-state index contributed by atoms with van der Waals surface area (Å²) in [5.41, 5.74) is -0.0335. The van der Waals surface area contributed by atoms with Crippen LogP contribution in [0.3, 0.4) is 0 Å². The standard InChI is InChI=1S/C13H14BrCl2NO3S/c1-13(2)4-3-5-17(13)12(18)8-6-9(15)11(14)10(7-8)21(16,19)20/h6-7H,3-5H2,1-2H3. The van der Waals surface area contributed by atoms with E-state index in [4.69, 9.17) is 22.3 Å². The second-order valence-corrected chi connectivity index (χ2v) is 9.32. The normalized spacial score (nSPS) is 18.0. The van der Waals surface area contributed by atoms with Gasteiger partial charge in [-0.3, -0.25) is 4.79 Å². The molecule has 1 aliphatic heterocycles. The van der Waals surface area contributed by atoms with Gasteiger partial charge in [0, 0.05) is 28.3 Å². The lowest BCUT2D eigenvalue weighted by molar-refractivity contribution is 0.0651. The van der Waals surface area contributed by atoms with Crippen molar-refractivity contribution < 1.29 is 13.2 Å². The molecule has 1 aromatic carbocycles. The number of halogens is 3. The highest BCUT2D eigenvalue weighted by Crippen LogP contribution is 2.35. The van der Waals surface area contributed by atoms with E-state index in [1.54, 1.807) is 4.90 Å². The number of nitrogens with zero attached hydrogens (tertiary/aromatic N) is 1. The first kappa shape index (κ1) is 17.1. The molecule has 0 radical (unpaired) electrons. The molecule has 0 bridgehead atoms. The van der Waals surface area contributed by atoms with Crippen LogP contribution in [-0.2, 0) is 9.05 Å². The van der Waals surface area contributed by atoms with Crippen molar-refractivity contribution in [1.82, 2.24) is 4.90 Å². The number of rotatable bonds is 2. The van der Waals surface area contributed by atoms with Crippen molar-refractivity contribution in [2.45, 2.75) is 37.1 Å². The molecule has 116 valence electrons. The van der Waals surface area contributed by atoms with E-state index in [9.17, 15) is 13.2 Å². The Bertz CT molecular complexity index is 704. The highest BCUT2D eigenvalue weighted by molar-refractivity contribution is 9.10. The average molecular weight is 415 g/mol. The lowest BCUT2D eigenvalue weighted by Gasteiger charge is -2.31. The van der Waals surface area contributed by atoms with Crippen molar-refractivity contribution in [3.05, 3.63) is 27.2 Å². The molecule has 1 heterocycles. The van der Waals surface area contributed by atoms with Crippen molar-refractivity contribution in [2.24, 2.45) is 0 Å². The van der Waals surface area contributed by atoms with Gasteiger partial charge >= 0.3 is 0 Å². The number of hydrogen-bond acceptors (Lipinski definition) is 3. The van der Waals surface area contributed by atoms with Crippen LogP contribution in [0.1, 0.15) is 37.0 Å². The monoisotopic (exact) mass is 413 g/mol. The summed E-state index contributed by atoms with van der Waals surface area (Å²) in [6.45, 7) is 4.61. The summed E-state index contributed by atoms with van der Waals surface area (Å²) in [6, 6.07) is 2.71. The van der Waals surface area contributed by atoms with Crippen LogP contribution < -0.4 is 0 Å². The van der Waals surface area contributed by atoms with Gasteiger partial charge in [-0.05, 0) is 54.8 Å². The molecular weight excluding hydrogens is 401 g/mol. The summed E-state index contributed by atoms with van der Waals surface area (Å²) in [6.07, 6.45) is 1.83. The number of benzene rings is 1. The molecule has 0 aliphatic carbocycles. The zero-order chi connectivity index (χ0) is 16.0. The van der Waals surface area contributed by atoms with E-state index in [0.29, 0.717) is 6.54 Å². The van der Waals surface area contributed by atoms with E-state index in [2.05, 4.69) is 15.9 Å². The first-order valence-electron chi connectivity index (χ1n) is 6.30. The maximum Gasteiger partial charge on any atom is 0.262 e. The van der Waals surface area contributed by atoms with E-state index in [-0.39, 0.29) is 31.4 Å². The third-order valence-electron chi connectivity index (χ3n) is 3.65. The Kier molecular flexibility index (Phi) is 4.65. The van der Waals surface area contributed by atoms with Crippen LogP contribution in [0, 0.1) is 0 Å². The Hall–Kier alpha value is -0.300. The van der Waals surface area contributed by atoms with E-state index in [0.717, 1.165) is 12.8 Å². The Balaban J connectivity index is 2.51. The average Bonchev–Trinajstić information content (AvgIpc) is 2.69. The number of carbonyl (C=O) groups excluding carboxylic acids is 1. The van der Waals surface area contributed by atoms with Crippen LogP contribution in [0.15, 0.2) is 21.5 Å². The first-order chi connectivity index (χ1) is 9.54. The second-order valence-electron chi connectivity index (χ2n) is 5.58. The van der Waals surface area contributed by atoms with Gasteiger partial charge < -0.3 is 4.90 Å². The summed E-state index contributed by atoms with van der Waals surface area (Å²) < 4.78 is 23.3. The van der Waals surface area contributed by atoms with Gasteiger partial charge in [0.15, 0.2) is 0 Å². The zero-order valence-electron chi connectivity index (χ0n) is 11.5. The quantitative estimate of drug-likeness (QED) is 0.686. The molecule has 1 aliphatic rings. The maximum absolute atomic E-state index is 12.6.